The van der Waals surface area contributed by atoms with Crippen molar-refractivity contribution >= 4 is 21.6 Å². The molecular weight excluding hydrogens is 410 g/mol. The van der Waals surface area contributed by atoms with Crippen LogP contribution in [0.25, 0.3) is 0 Å². The van der Waals surface area contributed by atoms with Crippen LogP contribution in [0.15, 0.2) is 78.0 Å². The smallest absolute Gasteiger partial charge is 0.264 e. The average molecular weight is 438 g/mol. The zero-order valence-corrected chi connectivity index (χ0v) is 18.8. The molecule has 0 radical (unpaired) electrons. The van der Waals surface area contributed by atoms with Gasteiger partial charge in [-0.25, -0.2) is 8.42 Å². The summed E-state index contributed by atoms with van der Waals surface area (Å²) in [7, 11) is -2.30. The van der Waals surface area contributed by atoms with Crippen molar-refractivity contribution in [1.29, 1.82) is 0 Å². The third kappa shape index (κ3) is 5.70. The van der Waals surface area contributed by atoms with Crippen LogP contribution in [0.2, 0.25) is 0 Å². The van der Waals surface area contributed by atoms with E-state index in [0.29, 0.717) is 11.3 Å². The van der Waals surface area contributed by atoms with Crippen LogP contribution in [0.4, 0.5) is 5.69 Å². The summed E-state index contributed by atoms with van der Waals surface area (Å²) in [6, 6.07) is 18.2. The van der Waals surface area contributed by atoms with Gasteiger partial charge in [-0.1, -0.05) is 48.0 Å². The Morgan fingerprint density at radius 2 is 1.74 bits per heavy atom. The van der Waals surface area contributed by atoms with E-state index in [1.165, 1.54) is 31.1 Å². The second-order valence-electron chi connectivity index (χ2n) is 7.62. The number of nitrogens with one attached hydrogen (secondary N) is 1. The average Bonchev–Trinajstić information content (AvgIpc) is 2.78. The maximum absolute atomic E-state index is 12.9. The molecule has 7 heteroatoms. The lowest BCUT2D eigenvalue weighted by Crippen LogP contribution is -2.33. The van der Waals surface area contributed by atoms with Gasteiger partial charge in [0.25, 0.3) is 15.9 Å². The van der Waals surface area contributed by atoms with Crippen LogP contribution in [0, 0.1) is 6.92 Å². The molecule has 0 unspecified atom stereocenters. The Labute approximate surface area is 184 Å². The van der Waals surface area contributed by atoms with Crippen LogP contribution in [-0.4, -0.2) is 32.4 Å². The van der Waals surface area contributed by atoms with Gasteiger partial charge in [-0.3, -0.25) is 14.1 Å². The molecule has 0 saturated carbocycles. The molecule has 3 rings (SSSR count). The number of hydrogen-bond acceptors (Lipinski definition) is 4. The number of carbonyl (C=O) groups excluding carboxylic acids is 1. The summed E-state index contributed by atoms with van der Waals surface area (Å²) in [4.78, 5) is 16.9. The highest BCUT2D eigenvalue weighted by Gasteiger charge is 2.22. The van der Waals surface area contributed by atoms with Crippen LogP contribution in [0.3, 0.4) is 0 Å². The number of nitrogens with zero attached hydrogens (tertiary/aromatic N) is 2. The molecule has 0 aliphatic carbocycles. The number of rotatable bonds is 8. The molecule has 162 valence electrons. The van der Waals surface area contributed by atoms with E-state index in [1.54, 1.807) is 24.3 Å². The van der Waals surface area contributed by atoms with Crippen molar-refractivity contribution in [3.63, 3.8) is 0 Å². The molecule has 0 spiro atoms. The van der Waals surface area contributed by atoms with E-state index in [0.717, 1.165) is 22.7 Å². The van der Waals surface area contributed by atoms with Gasteiger partial charge in [-0.15, -0.1) is 0 Å². The van der Waals surface area contributed by atoms with E-state index in [-0.39, 0.29) is 16.8 Å². The Bertz CT molecular complexity index is 1130. The summed E-state index contributed by atoms with van der Waals surface area (Å²) >= 11 is 0. The molecule has 0 aliphatic heterocycles. The number of aromatic nitrogens is 1. The predicted molar refractivity (Wildman–Crippen MR) is 123 cm³/mol. The number of carbonyl (C=O) groups is 1. The minimum absolute atomic E-state index is 0.0367. The van der Waals surface area contributed by atoms with Gasteiger partial charge in [0, 0.05) is 19.3 Å². The van der Waals surface area contributed by atoms with Crippen molar-refractivity contribution in [2.24, 2.45) is 0 Å². The van der Waals surface area contributed by atoms with Crippen LogP contribution in [0.1, 0.15) is 34.8 Å². The standard InChI is InChI=1S/C24H27N3O3S/c1-18-9-13-23(14-10-18)31(29,30)27(3)22-15-21(16-25-17-22)24(28)26-19(2)11-12-20-7-5-4-6-8-20/h4-10,13-17,19H,11-12H2,1-3H3,(H,26,28)/t19-/m0/s1. The third-order valence-corrected chi connectivity index (χ3v) is 6.92. The highest BCUT2D eigenvalue weighted by Crippen LogP contribution is 2.22. The Balaban J connectivity index is 1.68. The van der Waals surface area contributed by atoms with Crippen LogP contribution in [0.5, 0.6) is 0 Å². The predicted octanol–water partition coefficient (Wildman–Crippen LogP) is 3.97. The zero-order chi connectivity index (χ0) is 22.4. The summed E-state index contributed by atoms with van der Waals surface area (Å²) in [5.41, 5.74) is 2.83. The number of aryl methyl sites for hydroxylation is 2. The molecular formula is C24H27N3O3S. The number of hydrogen-bond donors (Lipinski definition) is 1. The van der Waals surface area contributed by atoms with Gasteiger partial charge in [0.1, 0.15) is 0 Å². The number of sulfonamides is 1. The van der Waals surface area contributed by atoms with Crippen molar-refractivity contribution in [1.82, 2.24) is 10.3 Å². The van der Waals surface area contributed by atoms with E-state index >= 15 is 0 Å². The molecule has 1 amide bonds. The van der Waals surface area contributed by atoms with Crippen LogP contribution < -0.4 is 9.62 Å². The fraction of sp³-hybridized carbons (Fsp3) is 0.250. The van der Waals surface area contributed by atoms with E-state index in [4.69, 9.17) is 0 Å². The maximum atomic E-state index is 12.9. The second kappa shape index (κ2) is 9.75. The first-order valence-corrected chi connectivity index (χ1v) is 11.6. The second-order valence-corrected chi connectivity index (χ2v) is 9.59. The van der Waals surface area contributed by atoms with E-state index in [9.17, 15) is 13.2 Å². The van der Waals surface area contributed by atoms with E-state index in [1.807, 2.05) is 32.0 Å². The molecule has 1 aromatic heterocycles. The molecule has 6 nitrogen and oxygen atoms in total. The number of anilines is 1. The van der Waals surface area contributed by atoms with Gasteiger partial charge in [-0.05, 0) is 50.5 Å². The van der Waals surface area contributed by atoms with E-state index < -0.39 is 10.0 Å². The van der Waals surface area contributed by atoms with Crippen molar-refractivity contribution in [3.05, 3.63) is 89.7 Å². The highest BCUT2D eigenvalue weighted by atomic mass is 32.2. The lowest BCUT2D eigenvalue weighted by molar-refractivity contribution is 0.0938. The van der Waals surface area contributed by atoms with Crippen molar-refractivity contribution < 1.29 is 13.2 Å². The highest BCUT2D eigenvalue weighted by molar-refractivity contribution is 7.92. The first-order chi connectivity index (χ1) is 14.8. The zero-order valence-electron chi connectivity index (χ0n) is 17.9. The normalized spacial score (nSPS) is 12.2. The Hall–Kier alpha value is -3.19. The maximum Gasteiger partial charge on any atom is 0.264 e. The SMILES string of the molecule is Cc1ccc(S(=O)(=O)N(C)c2cncc(C(=O)N[C@@H](C)CCc3ccccc3)c2)cc1. The third-order valence-electron chi connectivity index (χ3n) is 5.12. The minimum atomic E-state index is -3.75. The summed E-state index contributed by atoms with van der Waals surface area (Å²) < 4.78 is 27.0. The summed E-state index contributed by atoms with van der Waals surface area (Å²) in [6.45, 7) is 3.85. The first-order valence-electron chi connectivity index (χ1n) is 10.1. The van der Waals surface area contributed by atoms with E-state index in [2.05, 4.69) is 22.4 Å². The quantitative estimate of drug-likeness (QED) is 0.578. The van der Waals surface area contributed by atoms with Crippen molar-refractivity contribution in [2.75, 3.05) is 11.4 Å². The number of pyridine rings is 1. The Morgan fingerprint density at radius 3 is 2.42 bits per heavy atom. The fourth-order valence-electron chi connectivity index (χ4n) is 3.14. The Morgan fingerprint density at radius 1 is 1.06 bits per heavy atom. The summed E-state index contributed by atoms with van der Waals surface area (Å²) in [6.07, 6.45) is 4.53. The molecule has 1 atom stereocenters. The number of amides is 1. The minimum Gasteiger partial charge on any atom is -0.350 e. The lowest BCUT2D eigenvalue weighted by Gasteiger charge is -2.20. The molecule has 31 heavy (non-hydrogen) atoms. The lowest BCUT2D eigenvalue weighted by atomic mass is 10.1. The topological polar surface area (TPSA) is 79.4 Å². The largest absolute Gasteiger partial charge is 0.350 e. The van der Waals surface area contributed by atoms with Gasteiger partial charge in [0.05, 0.1) is 22.3 Å². The van der Waals surface area contributed by atoms with Gasteiger partial charge < -0.3 is 5.32 Å². The molecule has 1 N–H and O–H groups in total. The molecule has 2 aromatic carbocycles. The Kier molecular flexibility index (Phi) is 7.07. The van der Waals surface area contributed by atoms with Crippen molar-refractivity contribution in [2.45, 2.75) is 37.6 Å². The molecule has 0 saturated heterocycles. The van der Waals surface area contributed by atoms with Gasteiger partial charge in [-0.2, -0.15) is 0 Å². The van der Waals surface area contributed by atoms with Gasteiger partial charge in [0.2, 0.25) is 0 Å². The summed E-state index contributed by atoms with van der Waals surface area (Å²) in [5, 5.41) is 2.96. The van der Waals surface area contributed by atoms with Crippen LogP contribution >= 0.6 is 0 Å². The van der Waals surface area contributed by atoms with Gasteiger partial charge >= 0.3 is 0 Å². The molecule has 0 fully saturated rings. The molecule has 0 bridgehead atoms. The van der Waals surface area contributed by atoms with Gasteiger partial charge in [0.15, 0.2) is 0 Å². The monoisotopic (exact) mass is 437 g/mol. The van der Waals surface area contributed by atoms with Crippen LogP contribution in [-0.2, 0) is 16.4 Å². The molecule has 0 aliphatic rings. The molecule has 1 heterocycles. The van der Waals surface area contributed by atoms with Crippen molar-refractivity contribution in [3.8, 4) is 0 Å². The number of benzene rings is 2. The molecule has 3 aromatic rings. The first kappa shape index (κ1) is 22.5. The fourth-order valence-corrected chi connectivity index (χ4v) is 4.31. The summed E-state index contributed by atoms with van der Waals surface area (Å²) in [5.74, 6) is -0.281.